The molecule has 110 valence electrons. The van der Waals surface area contributed by atoms with Crippen LogP contribution in [0, 0.1) is 6.92 Å². The van der Waals surface area contributed by atoms with Gasteiger partial charge < -0.3 is 14.6 Å². The van der Waals surface area contributed by atoms with Crippen LogP contribution in [-0.4, -0.2) is 38.6 Å². The van der Waals surface area contributed by atoms with Gasteiger partial charge in [-0.3, -0.25) is 4.79 Å². The number of aromatic nitrogens is 2. The zero-order valence-corrected chi connectivity index (χ0v) is 12.3. The van der Waals surface area contributed by atoms with Crippen LogP contribution in [0.15, 0.2) is 36.7 Å². The van der Waals surface area contributed by atoms with Gasteiger partial charge in [-0.15, -0.1) is 0 Å². The summed E-state index contributed by atoms with van der Waals surface area (Å²) < 4.78 is 1.70. The van der Waals surface area contributed by atoms with E-state index in [-0.39, 0.29) is 5.91 Å². The monoisotopic (exact) mass is 285 g/mol. The second-order valence-corrected chi connectivity index (χ2v) is 5.68. The van der Waals surface area contributed by atoms with Crippen LogP contribution in [0.4, 0.5) is 0 Å². The number of imidazole rings is 1. The van der Waals surface area contributed by atoms with Gasteiger partial charge >= 0.3 is 0 Å². The van der Waals surface area contributed by atoms with Crippen LogP contribution in [0.3, 0.4) is 0 Å². The Hall–Kier alpha value is -2.14. The predicted molar refractivity (Wildman–Crippen MR) is 78.8 cm³/mol. The summed E-state index contributed by atoms with van der Waals surface area (Å²) in [6.07, 6.45) is 3.90. The maximum absolute atomic E-state index is 12.5. The summed E-state index contributed by atoms with van der Waals surface area (Å²) in [5.41, 5.74) is 0.984. The van der Waals surface area contributed by atoms with E-state index in [9.17, 15) is 9.90 Å². The fraction of sp³-hybridized carbons (Fsp3) is 0.375. The van der Waals surface area contributed by atoms with Gasteiger partial charge in [0.1, 0.15) is 5.60 Å². The Morgan fingerprint density at radius 3 is 2.81 bits per heavy atom. The second kappa shape index (κ2) is 5.00. The summed E-state index contributed by atoms with van der Waals surface area (Å²) in [7, 11) is 1.80. The summed E-state index contributed by atoms with van der Waals surface area (Å²) in [6, 6.07) is 7.79. The SMILES string of the molecule is Cc1ccccc1[C@]1(O)CCN(C(=O)c2nccn2C)C1. The molecular weight excluding hydrogens is 266 g/mol. The number of β-amino-alcohol motifs (C(OH)–C–C–N with tert-alkyl or cyclic N) is 1. The fourth-order valence-electron chi connectivity index (χ4n) is 3.00. The van der Waals surface area contributed by atoms with Gasteiger partial charge in [0, 0.05) is 26.0 Å². The van der Waals surface area contributed by atoms with Crippen molar-refractivity contribution in [1.29, 1.82) is 0 Å². The van der Waals surface area contributed by atoms with Gasteiger partial charge in [0.15, 0.2) is 5.82 Å². The van der Waals surface area contributed by atoms with Crippen molar-refractivity contribution in [1.82, 2.24) is 14.5 Å². The highest BCUT2D eigenvalue weighted by atomic mass is 16.3. The lowest BCUT2D eigenvalue weighted by atomic mass is 9.89. The van der Waals surface area contributed by atoms with E-state index in [1.54, 1.807) is 28.9 Å². The molecule has 1 amide bonds. The molecule has 3 rings (SSSR count). The third-order valence-electron chi connectivity index (χ3n) is 4.19. The molecule has 0 saturated carbocycles. The fourth-order valence-corrected chi connectivity index (χ4v) is 3.00. The van der Waals surface area contributed by atoms with E-state index in [0.717, 1.165) is 11.1 Å². The lowest BCUT2D eigenvalue weighted by Crippen LogP contribution is -2.35. The zero-order chi connectivity index (χ0) is 15.0. The number of aliphatic hydroxyl groups is 1. The summed E-state index contributed by atoms with van der Waals surface area (Å²) in [6.45, 7) is 2.83. The van der Waals surface area contributed by atoms with Crippen LogP contribution < -0.4 is 0 Å². The number of amides is 1. The number of likely N-dealkylation sites (tertiary alicyclic amines) is 1. The first kappa shape index (κ1) is 13.8. The molecule has 0 unspecified atom stereocenters. The van der Waals surface area contributed by atoms with E-state index in [2.05, 4.69) is 4.98 Å². The standard InChI is InChI=1S/C16H19N3O2/c1-12-5-3-4-6-13(12)16(21)7-9-19(11-16)15(20)14-17-8-10-18(14)2/h3-6,8,10,21H,7,9,11H2,1-2H3/t16-/m0/s1. The highest BCUT2D eigenvalue weighted by Gasteiger charge is 2.41. The minimum atomic E-state index is -0.966. The molecule has 21 heavy (non-hydrogen) atoms. The average Bonchev–Trinajstić information content (AvgIpc) is 3.06. The molecule has 5 heteroatoms. The Morgan fingerprint density at radius 2 is 2.14 bits per heavy atom. The Kier molecular flexibility index (Phi) is 3.29. The van der Waals surface area contributed by atoms with Crippen molar-refractivity contribution in [2.24, 2.45) is 7.05 Å². The van der Waals surface area contributed by atoms with Gasteiger partial charge in [0.2, 0.25) is 0 Å². The average molecular weight is 285 g/mol. The van der Waals surface area contributed by atoms with E-state index in [1.807, 2.05) is 31.2 Å². The van der Waals surface area contributed by atoms with E-state index in [4.69, 9.17) is 0 Å². The Bertz CT molecular complexity index is 680. The maximum Gasteiger partial charge on any atom is 0.289 e. The normalized spacial score (nSPS) is 21.8. The van der Waals surface area contributed by atoms with Crippen molar-refractivity contribution >= 4 is 5.91 Å². The van der Waals surface area contributed by atoms with Crippen molar-refractivity contribution in [3.8, 4) is 0 Å². The van der Waals surface area contributed by atoms with Crippen LogP contribution in [0.5, 0.6) is 0 Å². The number of nitrogens with zero attached hydrogens (tertiary/aromatic N) is 3. The molecule has 1 fully saturated rings. The maximum atomic E-state index is 12.5. The van der Waals surface area contributed by atoms with Gasteiger partial charge in [-0.2, -0.15) is 0 Å². The zero-order valence-electron chi connectivity index (χ0n) is 12.3. The number of hydrogen-bond donors (Lipinski definition) is 1. The molecule has 1 aromatic carbocycles. The molecule has 0 aliphatic carbocycles. The molecule has 1 atom stereocenters. The Balaban J connectivity index is 1.84. The number of rotatable bonds is 2. The predicted octanol–water partition coefficient (Wildman–Crippen LogP) is 1.46. The molecule has 5 nitrogen and oxygen atoms in total. The third kappa shape index (κ3) is 2.34. The number of benzene rings is 1. The van der Waals surface area contributed by atoms with Crippen LogP contribution >= 0.6 is 0 Å². The number of hydrogen-bond acceptors (Lipinski definition) is 3. The molecule has 1 N–H and O–H groups in total. The second-order valence-electron chi connectivity index (χ2n) is 5.68. The van der Waals surface area contributed by atoms with E-state index in [0.29, 0.717) is 25.3 Å². The quantitative estimate of drug-likeness (QED) is 0.909. The Labute approximate surface area is 123 Å². The molecule has 1 saturated heterocycles. The van der Waals surface area contributed by atoms with E-state index in [1.165, 1.54) is 0 Å². The van der Waals surface area contributed by atoms with Crippen LogP contribution in [0.25, 0.3) is 0 Å². The molecule has 0 spiro atoms. The lowest BCUT2D eigenvalue weighted by Gasteiger charge is -2.25. The summed E-state index contributed by atoms with van der Waals surface area (Å²) in [5.74, 6) is 0.274. The number of carbonyl (C=O) groups is 1. The van der Waals surface area contributed by atoms with Gasteiger partial charge in [-0.25, -0.2) is 4.98 Å². The largest absolute Gasteiger partial charge is 0.383 e. The molecule has 1 aliphatic heterocycles. The first-order chi connectivity index (χ1) is 10.0. The summed E-state index contributed by atoms with van der Waals surface area (Å²) in [5, 5.41) is 10.9. The molecule has 1 aliphatic rings. The van der Waals surface area contributed by atoms with Crippen LogP contribution in [0.1, 0.15) is 28.2 Å². The smallest absolute Gasteiger partial charge is 0.289 e. The van der Waals surface area contributed by atoms with Crippen LogP contribution in [0.2, 0.25) is 0 Å². The molecule has 1 aromatic heterocycles. The van der Waals surface area contributed by atoms with E-state index >= 15 is 0 Å². The summed E-state index contributed by atoms with van der Waals surface area (Å²) in [4.78, 5) is 18.2. The molecule has 2 heterocycles. The lowest BCUT2D eigenvalue weighted by molar-refractivity contribution is 0.0407. The number of aryl methyl sites for hydroxylation is 2. The highest BCUT2D eigenvalue weighted by Crippen LogP contribution is 2.34. The van der Waals surface area contributed by atoms with Gasteiger partial charge in [0.05, 0.1) is 6.54 Å². The molecule has 0 bridgehead atoms. The minimum absolute atomic E-state index is 0.132. The Morgan fingerprint density at radius 1 is 1.38 bits per heavy atom. The van der Waals surface area contributed by atoms with E-state index < -0.39 is 5.60 Å². The first-order valence-corrected chi connectivity index (χ1v) is 7.06. The van der Waals surface area contributed by atoms with Gasteiger partial charge in [-0.05, 0) is 24.5 Å². The minimum Gasteiger partial charge on any atom is -0.383 e. The summed E-state index contributed by atoms with van der Waals surface area (Å²) >= 11 is 0. The van der Waals surface area contributed by atoms with Crippen molar-refractivity contribution in [3.63, 3.8) is 0 Å². The molecule has 2 aromatic rings. The van der Waals surface area contributed by atoms with Crippen molar-refractivity contribution in [2.45, 2.75) is 18.9 Å². The van der Waals surface area contributed by atoms with Crippen molar-refractivity contribution in [3.05, 3.63) is 53.6 Å². The van der Waals surface area contributed by atoms with Crippen molar-refractivity contribution in [2.75, 3.05) is 13.1 Å². The van der Waals surface area contributed by atoms with Crippen LogP contribution in [-0.2, 0) is 12.6 Å². The third-order valence-corrected chi connectivity index (χ3v) is 4.19. The first-order valence-electron chi connectivity index (χ1n) is 7.06. The molecule has 0 radical (unpaired) electrons. The van der Waals surface area contributed by atoms with Gasteiger partial charge in [0.25, 0.3) is 5.91 Å². The topological polar surface area (TPSA) is 58.4 Å². The molecular formula is C16H19N3O2. The van der Waals surface area contributed by atoms with Crippen molar-refractivity contribution < 1.29 is 9.90 Å². The highest BCUT2D eigenvalue weighted by molar-refractivity contribution is 5.91. The van der Waals surface area contributed by atoms with Gasteiger partial charge in [-0.1, -0.05) is 24.3 Å². The number of carbonyl (C=O) groups excluding carboxylic acids is 1.